The summed E-state index contributed by atoms with van der Waals surface area (Å²) in [6.45, 7) is 3.88. The number of pyridine rings is 1. The number of nitrogens with one attached hydrogen (secondary N) is 2. The van der Waals surface area contributed by atoms with Crippen LogP contribution in [0.5, 0.6) is 0 Å². The topological polar surface area (TPSA) is 83.3 Å². The van der Waals surface area contributed by atoms with E-state index in [2.05, 4.69) is 30.2 Å². The maximum absolute atomic E-state index is 11.8. The zero-order valence-corrected chi connectivity index (χ0v) is 12.1. The van der Waals surface area contributed by atoms with Crippen molar-refractivity contribution >= 4 is 29.8 Å². The molecule has 112 valence electrons. The van der Waals surface area contributed by atoms with E-state index in [0.29, 0.717) is 5.82 Å². The summed E-state index contributed by atoms with van der Waals surface area (Å²) in [5.41, 5.74) is 1.30. The van der Waals surface area contributed by atoms with Gasteiger partial charge in [-0.25, -0.2) is 4.98 Å². The highest BCUT2D eigenvalue weighted by molar-refractivity contribution is 6.02. The highest BCUT2D eigenvalue weighted by Gasteiger charge is 2.12. The average molecular weight is 310 g/mol. The first-order valence-corrected chi connectivity index (χ1v) is 6.46. The van der Waals surface area contributed by atoms with Crippen LogP contribution in [-0.2, 0) is 0 Å². The minimum absolute atomic E-state index is 0. The van der Waals surface area contributed by atoms with Gasteiger partial charge in [0.25, 0.3) is 5.91 Å². The van der Waals surface area contributed by atoms with Gasteiger partial charge in [0.05, 0.1) is 11.9 Å². The molecule has 0 bridgehead atoms. The SMILES string of the molecule is Cl.O=C(Nc1ccc(N2CCNCC2)cn1)c1ccon1. The summed E-state index contributed by atoms with van der Waals surface area (Å²) >= 11 is 0. The van der Waals surface area contributed by atoms with E-state index < -0.39 is 0 Å². The van der Waals surface area contributed by atoms with Crippen molar-refractivity contribution in [2.45, 2.75) is 0 Å². The molecule has 3 heterocycles. The molecule has 2 aromatic heterocycles. The first kappa shape index (κ1) is 15.3. The van der Waals surface area contributed by atoms with E-state index in [1.807, 2.05) is 6.07 Å². The number of hydrogen-bond acceptors (Lipinski definition) is 6. The van der Waals surface area contributed by atoms with E-state index in [1.54, 1.807) is 12.3 Å². The molecule has 0 radical (unpaired) electrons. The normalized spacial score (nSPS) is 14.4. The number of carbonyl (C=O) groups is 1. The summed E-state index contributed by atoms with van der Waals surface area (Å²) in [5.74, 6) is 0.165. The molecule has 0 aliphatic carbocycles. The molecule has 21 heavy (non-hydrogen) atoms. The number of nitrogens with zero attached hydrogens (tertiary/aromatic N) is 3. The van der Waals surface area contributed by atoms with Crippen LogP contribution in [0.1, 0.15) is 10.5 Å². The van der Waals surface area contributed by atoms with Crippen molar-refractivity contribution in [2.75, 3.05) is 36.4 Å². The van der Waals surface area contributed by atoms with E-state index in [0.717, 1.165) is 31.9 Å². The molecule has 8 heteroatoms. The summed E-state index contributed by atoms with van der Waals surface area (Å²) in [5, 5.41) is 9.55. The maximum atomic E-state index is 11.8. The van der Waals surface area contributed by atoms with Crippen LogP contribution in [0.2, 0.25) is 0 Å². The highest BCUT2D eigenvalue weighted by atomic mass is 35.5. The Hall–Kier alpha value is -2.12. The number of anilines is 2. The molecule has 0 atom stereocenters. The van der Waals surface area contributed by atoms with Crippen molar-refractivity contribution in [3.05, 3.63) is 36.4 Å². The lowest BCUT2D eigenvalue weighted by molar-refractivity contribution is 0.101. The van der Waals surface area contributed by atoms with E-state index in [-0.39, 0.29) is 24.0 Å². The molecule has 0 unspecified atom stereocenters. The summed E-state index contributed by atoms with van der Waals surface area (Å²) < 4.78 is 4.63. The zero-order chi connectivity index (χ0) is 13.8. The Morgan fingerprint density at radius 3 is 2.71 bits per heavy atom. The number of rotatable bonds is 3. The van der Waals surface area contributed by atoms with Gasteiger partial charge in [0, 0.05) is 32.2 Å². The van der Waals surface area contributed by atoms with Crippen molar-refractivity contribution in [3.63, 3.8) is 0 Å². The largest absolute Gasteiger partial charge is 0.368 e. The van der Waals surface area contributed by atoms with Gasteiger partial charge in [0.2, 0.25) is 0 Å². The standard InChI is InChI=1S/C13H15N5O2.ClH/c19-13(11-3-8-20-17-11)16-12-2-1-10(9-15-12)18-6-4-14-5-7-18;/h1-3,8-9,14H,4-7H2,(H,15,16,19);1H. The first-order chi connectivity index (χ1) is 9.83. The lowest BCUT2D eigenvalue weighted by Crippen LogP contribution is -2.43. The Bertz CT molecular complexity index is 567. The van der Waals surface area contributed by atoms with Crippen molar-refractivity contribution in [2.24, 2.45) is 0 Å². The fourth-order valence-electron chi connectivity index (χ4n) is 2.08. The van der Waals surface area contributed by atoms with Gasteiger partial charge in [0.15, 0.2) is 5.69 Å². The number of carbonyl (C=O) groups excluding carboxylic acids is 1. The molecule has 2 aromatic rings. The van der Waals surface area contributed by atoms with Crippen molar-refractivity contribution in [1.29, 1.82) is 0 Å². The molecule has 0 spiro atoms. The highest BCUT2D eigenvalue weighted by Crippen LogP contribution is 2.15. The van der Waals surface area contributed by atoms with Crippen LogP contribution in [-0.4, -0.2) is 42.2 Å². The molecule has 1 aliphatic rings. The average Bonchev–Trinajstić information content (AvgIpc) is 3.03. The number of hydrogen-bond donors (Lipinski definition) is 2. The summed E-state index contributed by atoms with van der Waals surface area (Å²) in [4.78, 5) is 18.3. The second kappa shape index (κ2) is 7.05. The second-order valence-electron chi connectivity index (χ2n) is 4.48. The quantitative estimate of drug-likeness (QED) is 0.885. The molecule has 0 aromatic carbocycles. The van der Waals surface area contributed by atoms with Gasteiger partial charge >= 0.3 is 0 Å². The molecule has 1 saturated heterocycles. The Labute approximate surface area is 128 Å². The van der Waals surface area contributed by atoms with Gasteiger partial charge in [-0.1, -0.05) is 5.16 Å². The lowest BCUT2D eigenvalue weighted by atomic mass is 10.3. The van der Waals surface area contributed by atoms with E-state index in [1.165, 1.54) is 12.3 Å². The van der Waals surface area contributed by atoms with Gasteiger partial charge in [-0.05, 0) is 12.1 Å². The van der Waals surface area contributed by atoms with Gasteiger partial charge < -0.3 is 20.1 Å². The minimum Gasteiger partial charge on any atom is -0.368 e. The summed E-state index contributed by atoms with van der Waals surface area (Å²) in [6.07, 6.45) is 3.12. The zero-order valence-electron chi connectivity index (χ0n) is 11.3. The molecule has 3 rings (SSSR count). The van der Waals surface area contributed by atoms with Crippen LogP contribution in [0.25, 0.3) is 0 Å². The van der Waals surface area contributed by atoms with Crippen LogP contribution in [0.4, 0.5) is 11.5 Å². The molecule has 1 fully saturated rings. The Balaban J connectivity index is 0.00000161. The number of aromatic nitrogens is 2. The molecule has 2 N–H and O–H groups in total. The smallest absolute Gasteiger partial charge is 0.278 e. The minimum atomic E-state index is -0.332. The summed E-state index contributed by atoms with van der Waals surface area (Å²) in [6, 6.07) is 5.25. The van der Waals surface area contributed by atoms with Crippen molar-refractivity contribution < 1.29 is 9.32 Å². The molecular weight excluding hydrogens is 294 g/mol. The third kappa shape index (κ3) is 3.71. The third-order valence-corrected chi connectivity index (χ3v) is 3.14. The molecule has 0 saturated carbocycles. The van der Waals surface area contributed by atoms with Gasteiger partial charge in [-0.15, -0.1) is 12.4 Å². The Morgan fingerprint density at radius 2 is 2.10 bits per heavy atom. The van der Waals surface area contributed by atoms with Gasteiger partial charge in [-0.2, -0.15) is 0 Å². The predicted molar refractivity (Wildman–Crippen MR) is 81.0 cm³/mol. The van der Waals surface area contributed by atoms with Crippen LogP contribution in [0.15, 0.2) is 35.2 Å². The van der Waals surface area contributed by atoms with E-state index in [9.17, 15) is 4.79 Å². The first-order valence-electron chi connectivity index (χ1n) is 6.46. The van der Waals surface area contributed by atoms with Crippen molar-refractivity contribution in [3.8, 4) is 0 Å². The van der Waals surface area contributed by atoms with Crippen LogP contribution in [0, 0.1) is 0 Å². The fraction of sp³-hybridized carbons (Fsp3) is 0.308. The molecule has 7 nitrogen and oxygen atoms in total. The molecular formula is C13H16ClN5O2. The third-order valence-electron chi connectivity index (χ3n) is 3.14. The monoisotopic (exact) mass is 309 g/mol. The predicted octanol–water partition coefficient (Wildman–Crippen LogP) is 1.15. The maximum Gasteiger partial charge on any atom is 0.278 e. The number of piperazine rings is 1. The Kier molecular flexibility index (Phi) is 5.13. The van der Waals surface area contributed by atoms with E-state index >= 15 is 0 Å². The molecule has 1 amide bonds. The van der Waals surface area contributed by atoms with Crippen LogP contribution >= 0.6 is 12.4 Å². The fourth-order valence-corrected chi connectivity index (χ4v) is 2.08. The number of halogens is 1. The van der Waals surface area contributed by atoms with Crippen molar-refractivity contribution in [1.82, 2.24) is 15.5 Å². The van der Waals surface area contributed by atoms with Gasteiger partial charge in [0.1, 0.15) is 12.1 Å². The lowest BCUT2D eigenvalue weighted by Gasteiger charge is -2.29. The van der Waals surface area contributed by atoms with E-state index in [4.69, 9.17) is 0 Å². The number of amides is 1. The summed E-state index contributed by atoms with van der Waals surface area (Å²) in [7, 11) is 0. The molecule has 1 aliphatic heterocycles. The van der Waals surface area contributed by atoms with Crippen LogP contribution < -0.4 is 15.5 Å². The second-order valence-corrected chi connectivity index (χ2v) is 4.48. The van der Waals surface area contributed by atoms with Crippen LogP contribution in [0.3, 0.4) is 0 Å². The Morgan fingerprint density at radius 1 is 1.29 bits per heavy atom. The van der Waals surface area contributed by atoms with Gasteiger partial charge in [-0.3, -0.25) is 4.79 Å².